The second kappa shape index (κ2) is 10.7. The number of benzene rings is 2. The number of amides is 2. The van der Waals surface area contributed by atoms with Gasteiger partial charge in [-0.05, 0) is 42.3 Å². The molecule has 2 aromatic carbocycles. The molecule has 10 nitrogen and oxygen atoms in total. The molecule has 1 aliphatic heterocycles. The lowest BCUT2D eigenvalue weighted by molar-refractivity contribution is -0.187. The topological polar surface area (TPSA) is 149 Å². The first kappa shape index (κ1) is 23.7. The molecule has 0 fully saturated rings. The zero-order valence-electron chi connectivity index (χ0n) is 19.2. The van der Waals surface area contributed by atoms with Gasteiger partial charge in [0.15, 0.2) is 0 Å². The molecule has 0 radical (unpaired) electrons. The van der Waals surface area contributed by atoms with Crippen LogP contribution in [0.15, 0.2) is 69.9 Å². The Bertz CT molecular complexity index is 1270. The molecule has 0 unspecified atom stereocenters. The number of carbonyl (C=O) groups is 2. The number of hydroxylamine groups is 2. The maximum absolute atomic E-state index is 13.3. The SMILES string of the molecule is CCCN(OCc1ccc(N)cc1)C(=O)C1=Cc2ccc(C(=O)Nc3ncco3)cc2N=C(N)C1. The van der Waals surface area contributed by atoms with Crippen molar-refractivity contribution in [2.75, 3.05) is 17.6 Å². The predicted molar refractivity (Wildman–Crippen MR) is 132 cm³/mol. The summed E-state index contributed by atoms with van der Waals surface area (Å²) >= 11 is 0. The molecule has 4 rings (SSSR count). The van der Waals surface area contributed by atoms with Gasteiger partial charge < -0.3 is 15.9 Å². The molecule has 2 heterocycles. The molecule has 0 saturated carbocycles. The number of hydrogen-bond acceptors (Lipinski definition) is 8. The molecule has 1 aliphatic rings. The number of nitrogen functional groups attached to an aromatic ring is 1. The van der Waals surface area contributed by atoms with Crippen LogP contribution in [0, 0.1) is 0 Å². The number of aromatic nitrogens is 1. The van der Waals surface area contributed by atoms with Gasteiger partial charge in [0.05, 0.1) is 11.9 Å². The lowest BCUT2D eigenvalue weighted by Gasteiger charge is -2.22. The average Bonchev–Trinajstić information content (AvgIpc) is 3.29. The first-order valence-electron chi connectivity index (χ1n) is 11.1. The van der Waals surface area contributed by atoms with E-state index in [0.717, 1.165) is 5.56 Å². The minimum Gasteiger partial charge on any atom is -0.432 e. The Morgan fingerprint density at radius 1 is 1.17 bits per heavy atom. The monoisotopic (exact) mass is 474 g/mol. The fourth-order valence-electron chi connectivity index (χ4n) is 3.48. The molecular weight excluding hydrogens is 448 g/mol. The summed E-state index contributed by atoms with van der Waals surface area (Å²) < 4.78 is 5.05. The Labute approximate surface area is 202 Å². The van der Waals surface area contributed by atoms with E-state index in [-0.39, 0.29) is 30.8 Å². The Hall–Kier alpha value is -4.44. The first-order chi connectivity index (χ1) is 16.9. The second-order valence-corrected chi connectivity index (χ2v) is 7.94. The fraction of sp³-hybridized carbons (Fsp3) is 0.200. The van der Waals surface area contributed by atoms with Crippen LogP contribution in [0.1, 0.15) is 41.3 Å². The summed E-state index contributed by atoms with van der Waals surface area (Å²) in [5.74, 6) is -0.443. The molecule has 10 heteroatoms. The summed E-state index contributed by atoms with van der Waals surface area (Å²) in [5.41, 5.74) is 15.3. The van der Waals surface area contributed by atoms with E-state index in [2.05, 4.69) is 15.3 Å². The van der Waals surface area contributed by atoms with E-state index in [0.29, 0.717) is 41.0 Å². The molecule has 0 spiro atoms. The molecule has 5 N–H and O–H groups in total. The first-order valence-corrected chi connectivity index (χ1v) is 11.1. The van der Waals surface area contributed by atoms with Crippen molar-refractivity contribution in [3.63, 3.8) is 0 Å². The third-order valence-corrected chi connectivity index (χ3v) is 5.21. The average molecular weight is 475 g/mol. The maximum Gasteiger partial charge on any atom is 0.301 e. The van der Waals surface area contributed by atoms with Gasteiger partial charge in [-0.3, -0.25) is 19.7 Å². The normalized spacial score (nSPS) is 12.7. The van der Waals surface area contributed by atoms with Gasteiger partial charge in [0.2, 0.25) is 0 Å². The summed E-state index contributed by atoms with van der Waals surface area (Å²) in [5, 5.41) is 3.91. The Kier molecular flexibility index (Phi) is 7.22. The van der Waals surface area contributed by atoms with Gasteiger partial charge in [0.1, 0.15) is 18.7 Å². The summed E-state index contributed by atoms with van der Waals surface area (Å²) in [6.07, 6.45) is 5.39. The van der Waals surface area contributed by atoms with E-state index in [1.807, 2.05) is 19.1 Å². The highest BCUT2D eigenvalue weighted by molar-refractivity contribution is 6.07. The molecule has 1 aromatic heterocycles. The molecule has 180 valence electrons. The van der Waals surface area contributed by atoms with E-state index in [1.165, 1.54) is 17.5 Å². The number of amidine groups is 1. The van der Waals surface area contributed by atoms with Crippen LogP contribution in [-0.2, 0) is 16.2 Å². The molecule has 0 saturated heterocycles. The van der Waals surface area contributed by atoms with Crippen LogP contribution in [0.25, 0.3) is 6.08 Å². The summed E-state index contributed by atoms with van der Waals surface area (Å²) in [6.45, 7) is 2.60. The zero-order chi connectivity index (χ0) is 24.8. The van der Waals surface area contributed by atoms with Crippen LogP contribution in [-0.4, -0.2) is 34.2 Å². The van der Waals surface area contributed by atoms with Gasteiger partial charge >= 0.3 is 6.01 Å². The smallest absolute Gasteiger partial charge is 0.301 e. The number of aliphatic imine (C=N–C) groups is 1. The Balaban J connectivity index is 1.53. The van der Waals surface area contributed by atoms with Gasteiger partial charge in [-0.1, -0.05) is 25.1 Å². The highest BCUT2D eigenvalue weighted by Crippen LogP contribution is 2.29. The quantitative estimate of drug-likeness (QED) is 0.333. The fourth-order valence-corrected chi connectivity index (χ4v) is 3.48. The van der Waals surface area contributed by atoms with Crippen molar-refractivity contribution >= 4 is 41.1 Å². The van der Waals surface area contributed by atoms with Crippen LogP contribution >= 0.6 is 0 Å². The Morgan fingerprint density at radius 2 is 1.97 bits per heavy atom. The molecule has 35 heavy (non-hydrogen) atoms. The number of nitrogens with zero attached hydrogens (tertiary/aromatic N) is 3. The van der Waals surface area contributed by atoms with Gasteiger partial charge in [-0.25, -0.2) is 15.0 Å². The van der Waals surface area contributed by atoms with E-state index < -0.39 is 5.91 Å². The number of fused-ring (bicyclic) bond motifs is 1. The number of oxazole rings is 1. The third kappa shape index (κ3) is 5.92. The van der Waals surface area contributed by atoms with E-state index in [1.54, 1.807) is 36.4 Å². The number of rotatable bonds is 8. The van der Waals surface area contributed by atoms with Crippen molar-refractivity contribution in [3.8, 4) is 0 Å². The number of nitrogens with one attached hydrogen (secondary N) is 1. The third-order valence-electron chi connectivity index (χ3n) is 5.21. The van der Waals surface area contributed by atoms with E-state index >= 15 is 0 Å². The number of nitrogens with two attached hydrogens (primary N) is 2. The van der Waals surface area contributed by atoms with Gasteiger partial charge in [0, 0.05) is 35.4 Å². The minimum absolute atomic E-state index is 0.0933. The molecule has 2 amide bonds. The van der Waals surface area contributed by atoms with Crippen molar-refractivity contribution in [2.45, 2.75) is 26.4 Å². The number of carbonyl (C=O) groups excluding carboxylic acids is 2. The summed E-state index contributed by atoms with van der Waals surface area (Å²) in [6, 6.07) is 12.3. The molecule has 0 aliphatic carbocycles. The van der Waals surface area contributed by atoms with Crippen molar-refractivity contribution < 1.29 is 18.8 Å². The maximum atomic E-state index is 13.3. The van der Waals surface area contributed by atoms with Gasteiger partial charge in [-0.15, -0.1) is 0 Å². The Morgan fingerprint density at radius 3 is 2.69 bits per heavy atom. The number of anilines is 2. The largest absolute Gasteiger partial charge is 0.432 e. The van der Waals surface area contributed by atoms with Crippen LogP contribution in [0.3, 0.4) is 0 Å². The molecule has 3 aromatic rings. The lowest BCUT2D eigenvalue weighted by atomic mass is 10.0. The lowest BCUT2D eigenvalue weighted by Crippen LogP contribution is -2.34. The highest BCUT2D eigenvalue weighted by atomic mass is 16.7. The summed E-state index contributed by atoms with van der Waals surface area (Å²) in [7, 11) is 0. The van der Waals surface area contributed by atoms with Crippen LogP contribution in [0.2, 0.25) is 0 Å². The van der Waals surface area contributed by atoms with Crippen LogP contribution in [0.5, 0.6) is 0 Å². The minimum atomic E-state index is -0.404. The number of hydrogen-bond donors (Lipinski definition) is 3. The summed E-state index contributed by atoms with van der Waals surface area (Å²) in [4.78, 5) is 40.0. The predicted octanol–water partition coefficient (Wildman–Crippen LogP) is 3.66. The van der Waals surface area contributed by atoms with Gasteiger partial charge in [-0.2, -0.15) is 0 Å². The molecule has 0 bridgehead atoms. The molecular formula is C25H26N6O4. The molecule has 0 atom stereocenters. The highest BCUT2D eigenvalue weighted by Gasteiger charge is 2.23. The van der Waals surface area contributed by atoms with Crippen molar-refractivity contribution in [3.05, 3.63) is 77.2 Å². The van der Waals surface area contributed by atoms with Crippen LogP contribution < -0.4 is 16.8 Å². The van der Waals surface area contributed by atoms with E-state index in [9.17, 15) is 9.59 Å². The van der Waals surface area contributed by atoms with E-state index in [4.69, 9.17) is 20.7 Å². The van der Waals surface area contributed by atoms with Crippen molar-refractivity contribution in [1.29, 1.82) is 0 Å². The van der Waals surface area contributed by atoms with Gasteiger partial charge in [0.25, 0.3) is 11.8 Å². The second-order valence-electron chi connectivity index (χ2n) is 7.94. The standard InChI is InChI=1S/C25H26N6O4/c1-2-10-31(35-15-16-3-7-20(26)8-4-16)24(33)19-12-17-5-6-18(13-21(17)29-22(27)14-19)23(32)30-25-28-9-11-34-25/h3-9,11-13H,2,10,14-15,26H2,1H3,(H2,27,29)(H,28,30,32). The van der Waals surface area contributed by atoms with Crippen LogP contribution in [0.4, 0.5) is 17.4 Å². The van der Waals surface area contributed by atoms with Crippen molar-refractivity contribution in [1.82, 2.24) is 10.0 Å². The van der Waals surface area contributed by atoms with Crippen molar-refractivity contribution in [2.24, 2.45) is 10.7 Å². The zero-order valence-corrected chi connectivity index (χ0v) is 19.2.